The third-order valence-electron chi connectivity index (χ3n) is 13.2. The number of likely N-dealkylation sites (N-methyl/N-ethyl adjacent to an activating group) is 1. The second-order valence-electron chi connectivity index (χ2n) is 19.1. The molecule has 3 aliphatic heterocycles. The summed E-state index contributed by atoms with van der Waals surface area (Å²) in [4.78, 5) is 128. The molecule has 0 radical (unpaired) electrons. The second kappa shape index (κ2) is 26.8. The van der Waals surface area contributed by atoms with E-state index in [1.54, 1.807) is 58.0 Å². The Bertz CT molecular complexity index is 2350. The molecule has 0 spiro atoms. The number of aliphatic hydroxyl groups is 4. The zero-order valence-corrected chi connectivity index (χ0v) is 43.0. The molecule has 2 aromatic rings. The third-order valence-corrected chi connectivity index (χ3v) is 13.2. The molecule has 2 aromatic carbocycles. The predicted molar refractivity (Wildman–Crippen MR) is 264 cm³/mol. The van der Waals surface area contributed by atoms with Crippen LogP contribution in [-0.4, -0.2) is 166 Å². The van der Waals surface area contributed by atoms with Crippen molar-refractivity contribution < 1.29 is 77.8 Å². The largest absolute Gasteiger partial charge is 0.487 e. The van der Waals surface area contributed by atoms with Crippen LogP contribution in [0.15, 0.2) is 66.7 Å². The number of esters is 2. The summed E-state index contributed by atoms with van der Waals surface area (Å²) in [6.45, 7) is 9.05. The predicted octanol–water partition coefficient (Wildman–Crippen LogP) is -1.40. The van der Waals surface area contributed by atoms with Crippen LogP contribution in [0, 0.1) is 17.8 Å². The van der Waals surface area contributed by atoms with Gasteiger partial charge in [-0.1, -0.05) is 83.5 Å². The molecule has 23 nitrogen and oxygen atoms in total. The van der Waals surface area contributed by atoms with Crippen LogP contribution in [0.4, 0.5) is 0 Å². The number of carbonyl (C=O) groups is 9. The maximum atomic E-state index is 15.1. The van der Waals surface area contributed by atoms with Crippen molar-refractivity contribution in [2.24, 2.45) is 17.8 Å². The first-order valence-electron chi connectivity index (χ1n) is 24.4. The molecule has 5 rings (SSSR count). The number of rotatable bonds is 10. The molecule has 74 heavy (non-hydrogen) atoms. The van der Waals surface area contributed by atoms with Crippen LogP contribution in [0.25, 0.3) is 0 Å². The standard InChI is InChI=1S/C51H71N7O16/c1-10-27(4)39-46(66)57-42-33-16-18-34(19-17-33)74-31(8)51(71,25-59)21-20-37(61)52-23-38(62)72-24-35(50(70)73-30(7)41(48(68)54-39)56-44(64)28(5)43(63)26(2)3)53-47(67)40(29(6)60)55-45(65)36(58(9)49(42)69)22-32-14-12-11-13-15-32/h11-21,26-31,35-36,39-43,59-60,63,71H,10,22-25H2,1-9H3,(H,52,61)(H,53,67)(H,54,68)(H,55,65)(H,56,64)(H,57,66). The highest BCUT2D eigenvalue weighted by atomic mass is 16.6. The quantitative estimate of drug-likeness (QED) is 0.122. The Morgan fingerprint density at radius 2 is 1.45 bits per heavy atom. The Morgan fingerprint density at radius 3 is 2.04 bits per heavy atom. The Labute approximate surface area is 429 Å². The van der Waals surface area contributed by atoms with Crippen LogP contribution >= 0.6 is 0 Å². The van der Waals surface area contributed by atoms with Gasteiger partial charge in [0.25, 0.3) is 0 Å². The van der Waals surface area contributed by atoms with Gasteiger partial charge in [0.2, 0.25) is 41.4 Å². The van der Waals surface area contributed by atoms with E-state index in [1.807, 2.05) is 0 Å². The number of carbonyl (C=O) groups excluding carboxylic acids is 9. The van der Waals surface area contributed by atoms with Crippen molar-refractivity contribution in [3.63, 3.8) is 0 Å². The number of nitrogens with zero attached hydrogens (tertiary/aromatic N) is 1. The molecule has 406 valence electrons. The Balaban J connectivity index is 2.03. The summed E-state index contributed by atoms with van der Waals surface area (Å²) in [7, 11) is 1.28. The summed E-state index contributed by atoms with van der Waals surface area (Å²) in [5, 5.41) is 58.3. The highest BCUT2D eigenvalue weighted by Gasteiger charge is 2.42. The van der Waals surface area contributed by atoms with Crippen LogP contribution in [0.3, 0.4) is 0 Å². The van der Waals surface area contributed by atoms with Crippen molar-refractivity contribution in [2.75, 3.05) is 26.8 Å². The van der Waals surface area contributed by atoms with E-state index in [4.69, 9.17) is 14.2 Å². The number of hydrogen-bond donors (Lipinski definition) is 10. The molecule has 23 heteroatoms. The van der Waals surface area contributed by atoms with Crippen LogP contribution in [0.2, 0.25) is 0 Å². The van der Waals surface area contributed by atoms with E-state index in [2.05, 4.69) is 31.9 Å². The van der Waals surface area contributed by atoms with Gasteiger partial charge >= 0.3 is 11.9 Å². The van der Waals surface area contributed by atoms with Crippen LogP contribution in [-0.2, 0) is 59.0 Å². The molecular formula is C51H71N7O16. The maximum Gasteiger partial charge on any atom is 0.332 e. The van der Waals surface area contributed by atoms with Gasteiger partial charge in [0.05, 0.1) is 24.7 Å². The molecule has 1 saturated heterocycles. The number of cyclic esters (lactones) is 1. The molecule has 0 aromatic heterocycles. The minimum atomic E-state index is -2.19. The van der Waals surface area contributed by atoms with Gasteiger partial charge in [0.15, 0.2) is 6.04 Å². The number of benzene rings is 2. The number of fused-ring (bicyclic) bond motifs is 11. The molecule has 1 fully saturated rings. The fraction of sp³-hybridized carbons (Fsp3) is 0.549. The van der Waals surface area contributed by atoms with Crippen molar-refractivity contribution in [3.05, 3.63) is 77.9 Å². The first-order chi connectivity index (χ1) is 34.8. The molecule has 0 saturated carbocycles. The van der Waals surface area contributed by atoms with Crippen molar-refractivity contribution in [2.45, 2.75) is 134 Å². The second-order valence-corrected chi connectivity index (χ2v) is 19.1. The van der Waals surface area contributed by atoms with Crippen molar-refractivity contribution in [1.29, 1.82) is 0 Å². The summed E-state index contributed by atoms with van der Waals surface area (Å²) >= 11 is 0. The minimum Gasteiger partial charge on any atom is -0.487 e. The fourth-order valence-electron chi connectivity index (χ4n) is 7.92. The smallest absolute Gasteiger partial charge is 0.332 e. The molecule has 3 aliphatic rings. The first-order valence-corrected chi connectivity index (χ1v) is 24.4. The lowest BCUT2D eigenvalue weighted by Gasteiger charge is -2.34. The molecule has 10 N–H and O–H groups in total. The highest BCUT2D eigenvalue weighted by molar-refractivity contribution is 5.98. The minimum absolute atomic E-state index is 0.0801. The zero-order valence-electron chi connectivity index (χ0n) is 43.0. The lowest BCUT2D eigenvalue weighted by molar-refractivity contribution is -0.160. The molecule has 13 unspecified atom stereocenters. The van der Waals surface area contributed by atoms with E-state index in [1.165, 1.54) is 52.1 Å². The molecular weight excluding hydrogens is 967 g/mol. The molecule has 13 atom stereocenters. The van der Waals surface area contributed by atoms with Crippen molar-refractivity contribution >= 4 is 53.3 Å². The lowest BCUT2D eigenvalue weighted by Crippen LogP contribution is -2.61. The maximum absolute atomic E-state index is 15.1. The van der Waals surface area contributed by atoms with Crippen LogP contribution < -0.4 is 36.6 Å². The normalized spacial score (nSPS) is 28.1. The average molecular weight is 1040 g/mol. The molecule has 3 heterocycles. The van der Waals surface area contributed by atoms with E-state index < -0.39 is 157 Å². The van der Waals surface area contributed by atoms with Gasteiger partial charge in [0, 0.05) is 19.5 Å². The monoisotopic (exact) mass is 1040 g/mol. The van der Waals surface area contributed by atoms with E-state index in [0.717, 1.165) is 24.0 Å². The Kier molecular flexibility index (Phi) is 21.6. The number of ether oxygens (including phenoxy) is 3. The van der Waals surface area contributed by atoms with E-state index in [9.17, 15) is 58.8 Å². The zero-order chi connectivity index (χ0) is 55.2. The van der Waals surface area contributed by atoms with Gasteiger partial charge in [-0.15, -0.1) is 0 Å². The topological polar surface area (TPSA) is 338 Å². The number of hydrogen-bond acceptors (Lipinski definition) is 16. The summed E-state index contributed by atoms with van der Waals surface area (Å²) < 4.78 is 16.9. The number of nitrogens with one attached hydrogen (secondary N) is 6. The lowest BCUT2D eigenvalue weighted by atomic mass is 9.93. The van der Waals surface area contributed by atoms with Gasteiger partial charge in [0.1, 0.15) is 66.9 Å². The Morgan fingerprint density at radius 1 is 0.824 bits per heavy atom. The number of aliphatic hydroxyl groups excluding tert-OH is 3. The summed E-state index contributed by atoms with van der Waals surface area (Å²) in [6, 6.07) is 3.76. The van der Waals surface area contributed by atoms with Crippen molar-refractivity contribution in [3.8, 4) is 5.75 Å². The van der Waals surface area contributed by atoms with E-state index >= 15 is 4.79 Å². The van der Waals surface area contributed by atoms with Gasteiger partial charge in [-0.05, 0) is 61.9 Å². The highest BCUT2D eigenvalue weighted by Crippen LogP contribution is 2.26. The summed E-state index contributed by atoms with van der Waals surface area (Å²) in [6.07, 6.45) is -3.96. The summed E-state index contributed by atoms with van der Waals surface area (Å²) in [5.74, 6) is -11.6. The first kappa shape index (κ1) is 59.6. The summed E-state index contributed by atoms with van der Waals surface area (Å²) in [5.41, 5.74) is -1.53. The van der Waals surface area contributed by atoms with Gasteiger partial charge in [-0.2, -0.15) is 0 Å². The van der Waals surface area contributed by atoms with Gasteiger partial charge in [-0.25, -0.2) is 4.79 Å². The van der Waals surface area contributed by atoms with E-state index in [0.29, 0.717) is 5.56 Å². The van der Waals surface area contributed by atoms with Crippen molar-refractivity contribution in [1.82, 2.24) is 36.8 Å². The van der Waals surface area contributed by atoms with E-state index in [-0.39, 0.29) is 24.2 Å². The van der Waals surface area contributed by atoms with Gasteiger partial charge < -0.3 is 71.4 Å². The van der Waals surface area contributed by atoms with Crippen LogP contribution in [0.5, 0.6) is 5.75 Å². The average Bonchev–Trinajstić information content (AvgIpc) is 3.37. The molecule has 7 amide bonds. The fourth-order valence-corrected chi connectivity index (χ4v) is 7.92. The van der Waals surface area contributed by atoms with Gasteiger partial charge in [-0.3, -0.25) is 38.4 Å². The Hall–Kier alpha value is -6.95. The molecule has 0 aliphatic carbocycles. The SMILES string of the molecule is CCC(C)C1NC(=O)C(NC(=O)C(C)C(O)C(C)C)C(C)OC(=O)C2COC(=O)CNC(=O)C=CC(O)(CO)C(C)Oc3ccc(cc3)C(NC1=O)C(=O)N(C)C(Cc1ccccc1)C(=O)NC(C(C)O)C(=O)N2. The van der Waals surface area contributed by atoms with Crippen LogP contribution in [0.1, 0.15) is 79.0 Å². The third kappa shape index (κ3) is 15.8. The molecule has 4 bridgehead atoms. The number of amides is 7.